The summed E-state index contributed by atoms with van der Waals surface area (Å²) in [6.45, 7) is 1.01. The summed E-state index contributed by atoms with van der Waals surface area (Å²) in [5.41, 5.74) is 0.883. The number of aliphatic hydroxyl groups excluding tert-OH is 1. The van der Waals surface area contributed by atoms with Gasteiger partial charge >= 0.3 is 6.18 Å². The van der Waals surface area contributed by atoms with Crippen LogP contribution < -0.4 is 4.74 Å². The van der Waals surface area contributed by atoms with Crippen molar-refractivity contribution in [2.75, 3.05) is 6.61 Å². The first kappa shape index (κ1) is 11.8. The predicted molar refractivity (Wildman–Crippen MR) is 48.7 cm³/mol. The van der Waals surface area contributed by atoms with Crippen molar-refractivity contribution in [2.45, 2.75) is 19.2 Å². The van der Waals surface area contributed by atoms with E-state index in [-0.39, 0.29) is 0 Å². The number of ether oxygens (including phenoxy) is 1. The van der Waals surface area contributed by atoms with Gasteiger partial charge in [-0.15, -0.1) is 0 Å². The molecule has 0 heterocycles. The van der Waals surface area contributed by atoms with E-state index in [1.165, 1.54) is 6.07 Å². The fourth-order valence-corrected chi connectivity index (χ4v) is 0.975. The highest BCUT2D eigenvalue weighted by atomic mass is 19.4. The first-order valence-electron chi connectivity index (χ1n) is 4.34. The van der Waals surface area contributed by atoms with Gasteiger partial charge in [-0.2, -0.15) is 13.2 Å². The summed E-state index contributed by atoms with van der Waals surface area (Å²) in [5.74, 6) is 0.318. The maximum Gasteiger partial charge on any atom is 0.417 e. The number of rotatable bonds is 3. The third-order valence-corrected chi connectivity index (χ3v) is 1.78. The van der Waals surface area contributed by atoms with E-state index >= 15 is 0 Å². The third-order valence-electron chi connectivity index (χ3n) is 1.78. The van der Waals surface area contributed by atoms with Crippen molar-refractivity contribution in [1.29, 1.82) is 0 Å². The van der Waals surface area contributed by atoms with Crippen LogP contribution in [0.2, 0.25) is 0 Å². The van der Waals surface area contributed by atoms with Gasteiger partial charge in [-0.3, -0.25) is 0 Å². The number of aryl methyl sites for hydroxylation is 1. The zero-order valence-corrected chi connectivity index (χ0v) is 8.08. The van der Waals surface area contributed by atoms with Gasteiger partial charge in [0.25, 0.3) is 0 Å². The number of aliphatic hydroxyl groups is 1. The molecule has 1 unspecified atom stereocenters. The van der Waals surface area contributed by atoms with E-state index in [4.69, 9.17) is 9.84 Å². The lowest BCUT2D eigenvalue weighted by molar-refractivity contribution is -0.210. The highest BCUT2D eigenvalue weighted by Gasteiger charge is 2.38. The van der Waals surface area contributed by atoms with Crippen molar-refractivity contribution in [3.63, 3.8) is 0 Å². The first-order valence-corrected chi connectivity index (χ1v) is 4.34. The minimum Gasteiger partial charge on any atom is -0.491 e. The average Bonchev–Trinajstić information content (AvgIpc) is 2.12. The van der Waals surface area contributed by atoms with Crippen LogP contribution in [0.3, 0.4) is 0 Å². The Morgan fingerprint density at radius 3 is 2.60 bits per heavy atom. The highest BCUT2D eigenvalue weighted by Crippen LogP contribution is 2.21. The summed E-state index contributed by atoms with van der Waals surface area (Å²) >= 11 is 0. The largest absolute Gasteiger partial charge is 0.491 e. The maximum absolute atomic E-state index is 11.9. The number of halogens is 3. The van der Waals surface area contributed by atoms with Crippen LogP contribution in [-0.2, 0) is 0 Å². The van der Waals surface area contributed by atoms with E-state index in [1.807, 2.05) is 0 Å². The van der Waals surface area contributed by atoms with Gasteiger partial charge in [-0.25, -0.2) is 0 Å². The van der Waals surface area contributed by atoms with Crippen LogP contribution in [0, 0.1) is 6.92 Å². The molecule has 0 aliphatic rings. The highest BCUT2D eigenvalue weighted by molar-refractivity contribution is 5.27. The molecule has 0 fully saturated rings. The summed E-state index contributed by atoms with van der Waals surface area (Å²) in [4.78, 5) is 0. The topological polar surface area (TPSA) is 29.5 Å². The number of hydrogen-bond donors (Lipinski definition) is 1. The van der Waals surface area contributed by atoms with Gasteiger partial charge in [0.05, 0.1) is 0 Å². The molecule has 1 rings (SSSR count). The van der Waals surface area contributed by atoms with Crippen molar-refractivity contribution in [2.24, 2.45) is 0 Å². The molecule has 0 aliphatic heterocycles. The number of hydrogen-bond acceptors (Lipinski definition) is 2. The monoisotopic (exact) mass is 220 g/mol. The van der Waals surface area contributed by atoms with Gasteiger partial charge in [0.2, 0.25) is 0 Å². The summed E-state index contributed by atoms with van der Waals surface area (Å²) in [6.07, 6.45) is -7.08. The molecule has 0 aliphatic carbocycles. The van der Waals surface area contributed by atoms with E-state index in [2.05, 4.69) is 0 Å². The molecule has 0 saturated carbocycles. The molecule has 0 amide bonds. The van der Waals surface area contributed by atoms with Gasteiger partial charge in [0, 0.05) is 0 Å². The lowest BCUT2D eigenvalue weighted by atomic mass is 10.2. The third kappa shape index (κ3) is 3.79. The second-order valence-corrected chi connectivity index (χ2v) is 3.18. The van der Waals surface area contributed by atoms with E-state index in [1.54, 1.807) is 25.1 Å². The molecule has 1 N–H and O–H groups in total. The van der Waals surface area contributed by atoms with Gasteiger partial charge < -0.3 is 9.84 Å². The molecule has 5 heteroatoms. The Hall–Kier alpha value is -1.23. The Kier molecular flexibility index (Phi) is 3.57. The Morgan fingerprint density at radius 2 is 2.07 bits per heavy atom. The number of benzene rings is 1. The lowest BCUT2D eigenvalue weighted by Crippen LogP contribution is -2.34. The van der Waals surface area contributed by atoms with Crippen molar-refractivity contribution < 1.29 is 23.0 Å². The molecule has 0 spiro atoms. The van der Waals surface area contributed by atoms with Crippen molar-refractivity contribution in [1.82, 2.24) is 0 Å². The Balaban J connectivity index is 2.51. The first-order chi connectivity index (χ1) is 6.89. The van der Waals surface area contributed by atoms with Crippen LogP contribution >= 0.6 is 0 Å². The molecule has 1 aromatic carbocycles. The second-order valence-electron chi connectivity index (χ2n) is 3.18. The van der Waals surface area contributed by atoms with Gasteiger partial charge in [-0.1, -0.05) is 12.1 Å². The molecule has 0 aromatic heterocycles. The molecular formula is C10H11F3O2. The van der Waals surface area contributed by atoms with Crippen LogP contribution in [0.1, 0.15) is 5.56 Å². The Morgan fingerprint density at radius 1 is 1.40 bits per heavy atom. The molecule has 15 heavy (non-hydrogen) atoms. The molecule has 0 radical (unpaired) electrons. The fourth-order valence-electron chi connectivity index (χ4n) is 0.975. The van der Waals surface area contributed by atoms with Crippen LogP contribution in [0.4, 0.5) is 13.2 Å². The molecular weight excluding hydrogens is 209 g/mol. The summed E-state index contributed by atoms with van der Waals surface area (Å²) in [5, 5.41) is 8.67. The quantitative estimate of drug-likeness (QED) is 0.846. The lowest BCUT2D eigenvalue weighted by Gasteiger charge is -2.15. The summed E-state index contributed by atoms with van der Waals surface area (Å²) < 4.78 is 40.5. The zero-order valence-electron chi connectivity index (χ0n) is 8.08. The predicted octanol–water partition coefficient (Wildman–Crippen LogP) is 2.30. The van der Waals surface area contributed by atoms with Crippen molar-refractivity contribution in [3.8, 4) is 5.75 Å². The fraction of sp³-hybridized carbons (Fsp3) is 0.400. The van der Waals surface area contributed by atoms with Crippen LogP contribution in [-0.4, -0.2) is 24.0 Å². The van der Waals surface area contributed by atoms with E-state index in [0.29, 0.717) is 5.75 Å². The Labute approximate surface area is 85.3 Å². The molecule has 84 valence electrons. The Bertz CT molecular complexity index is 323. The average molecular weight is 220 g/mol. The van der Waals surface area contributed by atoms with E-state index in [0.717, 1.165) is 5.56 Å². The SMILES string of the molecule is Cc1cccc(OCC(O)C(F)(F)F)c1. The normalized spacial score (nSPS) is 13.7. The standard InChI is InChI=1S/C10H11F3O2/c1-7-3-2-4-8(5-7)15-6-9(14)10(11,12)13/h2-5,9,14H,6H2,1H3. The minimum atomic E-state index is -4.64. The van der Waals surface area contributed by atoms with Crippen LogP contribution in [0.5, 0.6) is 5.75 Å². The smallest absolute Gasteiger partial charge is 0.417 e. The molecule has 0 saturated heterocycles. The summed E-state index contributed by atoms with van der Waals surface area (Å²) in [7, 11) is 0. The van der Waals surface area contributed by atoms with E-state index in [9.17, 15) is 13.2 Å². The van der Waals surface area contributed by atoms with Gasteiger partial charge in [-0.05, 0) is 24.6 Å². The minimum absolute atomic E-state index is 0.318. The molecule has 1 atom stereocenters. The van der Waals surface area contributed by atoms with Crippen LogP contribution in [0.25, 0.3) is 0 Å². The van der Waals surface area contributed by atoms with E-state index < -0.39 is 18.9 Å². The second kappa shape index (κ2) is 4.53. The van der Waals surface area contributed by atoms with Crippen molar-refractivity contribution in [3.05, 3.63) is 29.8 Å². The molecule has 2 nitrogen and oxygen atoms in total. The molecule has 1 aromatic rings. The summed E-state index contributed by atoms with van der Waals surface area (Å²) in [6, 6.07) is 6.61. The van der Waals surface area contributed by atoms with Crippen LogP contribution in [0.15, 0.2) is 24.3 Å². The number of alkyl halides is 3. The van der Waals surface area contributed by atoms with Crippen molar-refractivity contribution >= 4 is 0 Å². The zero-order chi connectivity index (χ0) is 11.5. The maximum atomic E-state index is 11.9. The van der Waals surface area contributed by atoms with Gasteiger partial charge in [0.15, 0.2) is 6.10 Å². The van der Waals surface area contributed by atoms with Gasteiger partial charge in [0.1, 0.15) is 12.4 Å². The molecule has 0 bridgehead atoms.